The van der Waals surface area contributed by atoms with Crippen molar-refractivity contribution in [2.45, 2.75) is 43.7 Å². The monoisotopic (exact) mass is 545 g/mol. The molecule has 1 amide bonds. The number of aryl methyl sites for hydroxylation is 1. The van der Waals surface area contributed by atoms with Crippen LogP contribution < -0.4 is 5.32 Å². The van der Waals surface area contributed by atoms with Crippen molar-refractivity contribution >= 4 is 17.7 Å². The third kappa shape index (κ3) is 6.54. The second-order valence-electron chi connectivity index (χ2n) is 9.51. The molecule has 1 aliphatic heterocycles. The summed E-state index contributed by atoms with van der Waals surface area (Å²) in [6.45, 7) is 2.54. The van der Waals surface area contributed by atoms with Crippen LogP contribution in [0, 0.1) is 5.92 Å². The number of aromatic nitrogens is 4. The van der Waals surface area contributed by atoms with Crippen LogP contribution in [0.4, 0.5) is 0 Å². The number of aliphatic hydroxyl groups is 1. The van der Waals surface area contributed by atoms with Gasteiger partial charge in [0.15, 0.2) is 6.29 Å². The molecule has 0 radical (unpaired) electrons. The summed E-state index contributed by atoms with van der Waals surface area (Å²) in [6.07, 6.45) is -0.901. The van der Waals surface area contributed by atoms with Crippen molar-refractivity contribution in [3.8, 4) is 0 Å². The Bertz CT molecular complexity index is 1360. The van der Waals surface area contributed by atoms with Gasteiger partial charge in [-0.3, -0.25) is 4.79 Å². The molecule has 1 saturated heterocycles. The minimum atomic E-state index is -0.570. The summed E-state index contributed by atoms with van der Waals surface area (Å²) in [7, 11) is 1.81. The lowest BCUT2D eigenvalue weighted by atomic mass is 9.91. The van der Waals surface area contributed by atoms with E-state index in [1.165, 1.54) is 0 Å². The normalized spacial score (nSPS) is 21.0. The first-order valence-corrected chi connectivity index (χ1v) is 13.8. The van der Waals surface area contributed by atoms with E-state index in [-0.39, 0.29) is 30.6 Å². The quantitative estimate of drug-likeness (QED) is 0.301. The number of amides is 1. The zero-order valence-corrected chi connectivity index (χ0v) is 22.6. The second-order valence-corrected chi connectivity index (χ2v) is 10.5. The first-order valence-electron chi connectivity index (χ1n) is 12.8. The third-order valence-electron chi connectivity index (χ3n) is 6.82. The molecule has 1 aromatic heterocycles. The molecule has 202 valence electrons. The van der Waals surface area contributed by atoms with Crippen molar-refractivity contribution in [1.29, 1.82) is 0 Å². The molecule has 2 heterocycles. The van der Waals surface area contributed by atoms with Crippen molar-refractivity contribution in [3.05, 3.63) is 107 Å². The van der Waals surface area contributed by atoms with E-state index in [1.807, 2.05) is 73.8 Å². The van der Waals surface area contributed by atoms with Gasteiger partial charge in [-0.1, -0.05) is 85.4 Å². The van der Waals surface area contributed by atoms with Crippen molar-refractivity contribution in [2.24, 2.45) is 13.0 Å². The summed E-state index contributed by atoms with van der Waals surface area (Å²) >= 11 is 1.55. The molecule has 1 fully saturated rings. The summed E-state index contributed by atoms with van der Waals surface area (Å²) in [5.41, 5.74) is 4.39. The van der Waals surface area contributed by atoms with Gasteiger partial charge in [-0.2, -0.15) is 0 Å². The zero-order valence-electron chi connectivity index (χ0n) is 21.8. The van der Waals surface area contributed by atoms with E-state index in [9.17, 15) is 9.90 Å². The lowest BCUT2D eigenvalue weighted by Gasteiger charge is -2.41. The molecule has 4 aromatic rings. The Hall–Kier alpha value is -3.57. The molecule has 10 heteroatoms. The fourth-order valence-corrected chi connectivity index (χ4v) is 5.49. The number of nitrogens with zero attached hydrogens (tertiary/aromatic N) is 4. The number of carbonyl (C=O) groups is 1. The number of tetrazole rings is 1. The fourth-order valence-electron chi connectivity index (χ4n) is 4.48. The Balaban J connectivity index is 1.30. The van der Waals surface area contributed by atoms with E-state index < -0.39 is 6.29 Å². The van der Waals surface area contributed by atoms with E-state index in [4.69, 9.17) is 9.47 Å². The Morgan fingerprint density at radius 1 is 0.974 bits per heavy atom. The predicted octanol–water partition coefficient (Wildman–Crippen LogP) is 4.22. The third-order valence-corrected chi connectivity index (χ3v) is 7.92. The number of aliphatic hydroxyl groups excluding tert-OH is 1. The minimum Gasteiger partial charge on any atom is -0.392 e. The van der Waals surface area contributed by atoms with Crippen LogP contribution in [0.25, 0.3) is 0 Å². The van der Waals surface area contributed by atoms with Crippen LogP contribution in [0.5, 0.6) is 0 Å². The zero-order chi connectivity index (χ0) is 27.2. The molecule has 0 unspecified atom stereocenters. The Morgan fingerprint density at radius 3 is 2.33 bits per heavy atom. The van der Waals surface area contributed by atoms with E-state index in [0.29, 0.717) is 17.9 Å². The number of thioether (sulfide) groups is 1. The van der Waals surface area contributed by atoms with E-state index in [1.54, 1.807) is 28.6 Å². The number of nitrogens with one attached hydrogen (secondary N) is 1. The van der Waals surface area contributed by atoms with E-state index in [0.717, 1.165) is 27.4 Å². The largest absolute Gasteiger partial charge is 0.392 e. The molecule has 0 spiro atoms. The molecule has 9 nitrogen and oxygen atoms in total. The van der Waals surface area contributed by atoms with Gasteiger partial charge in [-0.05, 0) is 39.2 Å². The van der Waals surface area contributed by atoms with Crippen molar-refractivity contribution in [2.75, 3.05) is 5.75 Å². The Labute approximate surface area is 231 Å². The van der Waals surface area contributed by atoms with Crippen LogP contribution >= 0.6 is 11.8 Å². The molecule has 0 bridgehead atoms. The van der Waals surface area contributed by atoms with Crippen LogP contribution in [0.2, 0.25) is 0 Å². The first-order chi connectivity index (χ1) is 19.0. The highest BCUT2D eigenvalue weighted by molar-refractivity contribution is 7.99. The first kappa shape index (κ1) is 27.0. The SMILES string of the molecule is C[C@H]1[C@@H](CSc2nnnn2C)O[C@@H](c2ccc(CNC(=O)c3ccccc3)cc2)O[C@H]1c1ccc(CO)cc1. The Kier molecular flexibility index (Phi) is 8.67. The smallest absolute Gasteiger partial charge is 0.251 e. The second kappa shape index (κ2) is 12.5. The van der Waals surface area contributed by atoms with Gasteiger partial charge in [0.25, 0.3) is 5.91 Å². The average Bonchev–Trinajstić information content (AvgIpc) is 3.40. The van der Waals surface area contributed by atoms with Gasteiger partial charge in [-0.15, -0.1) is 5.10 Å². The van der Waals surface area contributed by atoms with Gasteiger partial charge < -0.3 is 19.9 Å². The van der Waals surface area contributed by atoms with Crippen molar-refractivity contribution in [1.82, 2.24) is 25.5 Å². The average molecular weight is 546 g/mol. The molecule has 39 heavy (non-hydrogen) atoms. The summed E-state index contributed by atoms with van der Waals surface area (Å²) < 4.78 is 14.7. The van der Waals surface area contributed by atoms with Gasteiger partial charge in [-0.25, -0.2) is 4.68 Å². The van der Waals surface area contributed by atoms with Crippen LogP contribution in [0.1, 0.15) is 51.9 Å². The highest BCUT2D eigenvalue weighted by Gasteiger charge is 2.38. The maximum atomic E-state index is 12.4. The lowest BCUT2D eigenvalue weighted by Crippen LogP contribution is -2.38. The summed E-state index contributed by atoms with van der Waals surface area (Å²) in [5, 5.41) is 24.9. The minimum absolute atomic E-state index is 0.00372. The lowest BCUT2D eigenvalue weighted by molar-refractivity contribution is -0.268. The predicted molar refractivity (Wildman–Crippen MR) is 147 cm³/mol. The van der Waals surface area contributed by atoms with Crippen molar-refractivity contribution in [3.63, 3.8) is 0 Å². The van der Waals surface area contributed by atoms with Gasteiger partial charge >= 0.3 is 0 Å². The highest BCUT2D eigenvalue weighted by Crippen LogP contribution is 2.42. The number of rotatable bonds is 9. The standard InChI is InChI=1S/C29H31N5O4S/c1-19-25(18-39-29-31-32-33-34(29)2)37-28(38-26(19)22-12-10-21(17-35)11-13-22)24-14-8-20(9-15-24)16-30-27(36)23-6-4-3-5-7-23/h3-15,19,25-26,28,35H,16-18H2,1-2H3,(H,30,36)/t19-,25+,26+,28+/m0/s1. The van der Waals surface area contributed by atoms with Crippen LogP contribution in [-0.4, -0.2) is 43.1 Å². The van der Waals surface area contributed by atoms with Gasteiger partial charge in [0.05, 0.1) is 18.8 Å². The van der Waals surface area contributed by atoms with Crippen LogP contribution in [0.3, 0.4) is 0 Å². The summed E-state index contributed by atoms with van der Waals surface area (Å²) in [5.74, 6) is 0.605. The number of hydrogen-bond acceptors (Lipinski definition) is 8. The molecule has 2 N–H and O–H groups in total. The fraction of sp³-hybridized carbons (Fsp3) is 0.310. The van der Waals surface area contributed by atoms with Gasteiger partial charge in [0, 0.05) is 36.4 Å². The molecule has 5 rings (SSSR count). The Morgan fingerprint density at radius 2 is 1.67 bits per heavy atom. The number of benzene rings is 3. The molecule has 4 atom stereocenters. The maximum Gasteiger partial charge on any atom is 0.251 e. The molecule has 0 saturated carbocycles. The van der Waals surface area contributed by atoms with E-state index >= 15 is 0 Å². The number of carbonyl (C=O) groups excluding carboxylic acids is 1. The molecule has 0 aliphatic carbocycles. The number of ether oxygens (including phenoxy) is 2. The van der Waals surface area contributed by atoms with Gasteiger partial charge in [0.2, 0.25) is 5.16 Å². The van der Waals surface area contributed by atoms with Crippen LogP contribution in [-0.2, 0) is 29.7 Å². The molecular weight excluding hydrogens is 514 g/mol. The van der Waals surface area contributed by atoms with Crippen LogP contribution in [0.15, 0.2) is 84.0 Å². The molecular formula is C29H31N5O4S. The topological polar surface area (TPSA) is 111 Å². The van der Waals surface area contributed by atoms with E-state index in [2.05, 4.69) is 27.8 Å². The van der Waals surface area contributed by atoms with Crippen molar-refractivity contribution < 1.29 is 19.4 Å². The number of hydrogen-bond donors (Lipinski definition) is 2. The van der Waals surface area contributed by atoms with Gasteiger partial charge in [0.1, 0.15) is 0 Å². The summed E-state index contributed by atoms with van der Waals surface area (Å²) in [6, 6.07) is 24.9. The maximum absolute atomic E-state index is 12.4. The highest BCUT2D eigenvalue weighted by atomic mass is 32.2. The summed E-state index contributed by atoms with van der Waals surface area (Å²) in [4.78, 5) is 12.4. The molecule has 3 aromatic carbocycles. The molecule has 1 aliphatic rings.